The number of carbonyl (C=O) groups is 1. The molecule has 0 aromatic heterocycles. The van der Waals surface area contributed by atoms with Gasteiger partial charge in [-0.2, -0.15) is 0 Å². The van der Waals surface area contributed by atoms with Crippen LogP contribution >= 0.6 is 0 Å². The molecule has 1 unspecified atom stereocenters. The number of hydrogen-bond donors (Lipinski definition) is 2. The van der Waals surface area contributed by atoms with Crippen molar-refractivity contribution < 1.29 is 14.6 Å². The standard InChI is InChI=1S/C14H21NO3/c1-3-4-9-15-14(17)10-18-13-7-5-12(6-8-13)11(2)16/h5-8,11,16H,3-4,9-10H2,1-2H3,(H,15,17). The first-order chi connectivity index (χ1) is 8.63. The number of hydrogen-bond acceptors (Lipinski definition) is 3. The van der Waals surface area contributed by atoms with Gasteiger partial charge in [-0.05, 0) is 31.0 Å². The highest BCUT2D eigenvalue weighted by Gasteiger charge is 2.03. The zero-order chi connectivity index (χ0) is 13.4. The van der Waals surface area contributed by atoms with Crippen LogP contribution in [0.4, 0.5) is 0 Å². The monoisotopic (exact) mass is 251 g/mol. The SMILES string of the molecule is CCCCNC(=O)COc1ccc(C(C)O)cc1. The summed E-state index contributed by atoms with van der Waals surface area (Å²) in [6.07, 6.45) is 1.55. The summed E-state index contributed by atoms with van der Waals surface area (Å²) in [4.78, 5) is 11.4. The molecule has 0 spiro atoms. The third kappa shape index (κ3) is 5.19. The van der Waals surface area contributed by atoms with Gasteiger partial charge < -0.3 is 15.2 Å². The third-order valence-corrected chi connectivity index (χ3v) is 2.58. The van der Waals surface area contributed by atoms with E-state index in [2.05, 4.69) is 12.2 Å². The summed E-state index contributed by atoms with van der Waals surface area (Å²) < 4.78 is 5.34. The van der Waals surface area contributed by atoms with E-state index in [-0.39, 0.29) is 12.5 Å². The summed E-state index contributed by atoms with van der Waals surface area (Å²) in [7, 11) is 0. The molecule has 0 aliphatic carbocycles. The van der Waals surface area contributed by atoms with Crippen LogP contribution in [0.15, 0.2) is 24.3 Å². The first kappa shape index (κ1) is 14.5. The van der Waals surface area contributed by atoms with Crippen molar-refractivity contribution in [3.05, 3.63) is 29.8 Å². The smallest absolute Gasteiger partial charge is 0.257 e. The van der Waals surface area contributed by atoms with Gasteiger partial charge in [0.2, 0.25) is 0 Å². The number of nitrogens with one attached hydrogen (secondary N) is 1. The Labute approximate surface area is 108 Å². The topological polar surface area (TPSA) is 58.6 Å². The summed E-state index contributed by atoms with van der Waals surface area (Å²) in [5.41, 5.74) is 0.828. The minimum atomic E-state index is -0.489. The molecular weight excluding hydrogens is 230 g/mol. The van der Waals surface area contributed by atoms with Gasteiger partial charge in [-0.25, -0.2) is 0 Å². The van der Waals surface area contributed by atoms with Gasteiger partial charge >= 0.3 is 0 Å². The molecular formula is C14H21NO3. The lowest BCUT2D eigenvalue weighted by atomic mass is 10.1. The Bertz CT molecular complexity index is 360. The molecule has 1 aromatic carbocycles. The van der Waals surface area contributed by atoms with Gasteiger partial charge in [0.15, 0.2) is 6.61 Å². The van der Waals surface area contributed by atoms with Gasteiger partial charge in [0.1, 0.15) is 5.75 Å². The van der Waals surface area contributed by atoms with E-state index in [1.54, 1.807) is 31.2 Å². The van der Waals surface area contributed by atoms with Crippen molar-refractivity contribution >= 4 is 5.91 Å². The Morgan fingerprint density at radius 2 is 2.06 bits per heavy atom. The number of amides is 1. The third-order valence-electron chi connectivity index (χ3n) is 2.58. The van der Waals surface area contributed by atoms with Gasteiger partial charge in [0.05, 0.1) is 6.10 Å². The Morgan fingerprint density at radius 1 is 1.39 bits per heavy atom. The van der Waals surface area contributed by atoms with Gasteiger partial charge in [-0.1, -0.05) is 25.5 Å². The van der Waals surface area contributed by atoms with E-state index in [4.69, 9.17) is 4.74 Å². The van der Waals surface area contributed by atoms with Crippen LogP contribution in [-0.4, -0.2) is 24.2 Å². The molecule has 0 fully saturated rings. The molecule has 0 aliphatic heterocycles. The number of aliphatic hydroxyl groups is 1. The van der Waals surface area contributed by atoms with E-state index in [1.165, 1.54) is 0 Å². The van der Waals surface area contributed by atoms with Crippen LogP contribution in [0.3, 0.4) is 0 Å². The first-order valence-electron chi connectivity index (χ1n) is 6.31. The summed E-state index contributed by atoms with van der Waals surface area (Å²) in [5, 5.41) is 12.1. The maximum Gasteiger partial charge on any atom is 0.257 e. The van der Waals surface area contributed by atoms with E-state index in [1.807, 2.05) is 0 Å². The molecule has 2 N–H and O–H groups in total. The van der Waals surface area contributed by atoms with Gasteiger partial charge in [-0.3, -0.25) is 4.79 Å². The van der Waals surface area contributed by atoms with E-state index in [9.17, 15) is 9.90 Å². The molecule has 1 atom stereocenters. The summed E-state index contributed by atoms with van der Waals surface area (Å²) in [5.74, 6) is 0.521. The Hall–Kier alpha value is -1.55. The highest BCUT2D eigenvalue weighted by molar-refractivity contribution is 5.77. The molecule has 1 amide bonds. The normalized spacial score (nSPS) is 11.9. The predicted octanol–water partition coefficient (Wildman–Crippen LogP) is 2.04. The summed E-state index contributed by atoms with van der Waals surface area (Å²) in [6, 6.07) is 7.08. The zero-order valence-electron chi connectivity index (χ0n) is 11.0. The van der Waals surface area contributed by atoms with Crippen LogP contribution in [0.5, 0.6) is 5.75 Å². The van der Waals surface area contributed by atoms with Gasteiger partial charge in [-0.15, -0.1) is 0 Å². The Kier molecular flexibility index (Phi) is 6.22. The van der Waals surface area contributed by atoms with Crippen molar-refractivity contribution in [3.63, 3.8) is 0 Å². The highest BCUT2D eigenvalue weighted by Crippen LogP contribution is 2.16. The lowest BCUT2D eigenvalue weighted by molar-refractivity contribution is -0.123. The molecule has 18 heavy (non-hydrogen) atoms. The van der Waals surface area contributed by atoms with Crippen LogP contribution in [0, 0.1) is 0 Å². The first-order valence-corrected chi connectivity index (χ1v) is 6.31. The van der Waals surface area contributed by atoms with Crippen LogP contribution in [0.1, 0.15) is 38.4 Å². The van der Waals surface area contributed by atoms with Crippen LogP contribution in [0.25, 0.3) is 0 Å². The second-order valence-electron chi connectivity index (χ2n) is 4.24. The molecule has 0 saturated carbocycles. The van der Waals surface area contributed by atoms with E-state index in [0.29, 0.717) is 12.3 Å². The number of rotatable bonds is 7. The minimum Gasteiger partial charge on any atom is -0.484 e. The number of benzene rings is 1. The zero-order valence-corrected chi connectivity index (χ0v) is 11.0. The van der Waals surface area contributed by atoms with Crippen LogP contribution in [-0.2, 0) is 4.79 Å². The molecule has 1 aromatic rings. The van der Waals surface area contributed by atoms with Gasteiger partial charge in [0.25, 0.3) is 5.91 Å². The molecule has 0 aliphatic rings. The minimum absolute atomic E-state index is 0.0255. The van der Waals surface area contributed by atoms with Crippen molar-refractivity contribution in [1.29, 1.82) is 0 Å². The van der Waals surface area contributed by atoms with Gasteiger partial charge in [0, 0.05) is 6.54 Å². The molecule has 0 heterocycles. The number of aliphatic hydroxyl groups excluding tert-OH is 1. The van der Waals surface area contributed by atoms with Crippen molar-refractivity contribution in [3.8, 4) is 5.75 Å². The molecule has 0 bridgehead atoms. The Morgan fingerprint density at radius 3 is 2.61 bits per heavy atom. The molecule has 0 saturated heterocycles. The average Bonchev–Trinajstić information content (AvgIpc) is 2.37. The van der Waals surface area contributed by atoms with E-state index < -0.39 is 6.10 Å². The summed E-state index contributed by atoms with van der Waals surface area (Å²) >= 11 is 0. The second-order valence-corrected chi connectivity index (χ2v) is 4.24. The predicted molar refractivity (Wildman–Crippen MR) is 70.5 cm³/mol. The summed E-state index contributed by atoms with van der Waals surface area (Å²) in [6.45, 7) is 4.50. The quantitative estimate of drug-likeness (QED) is 0.729. The number of unbranched alkanes of at least 4 members (excludes halogenated alkanes) is 1. The largest absolute Gasteiger partial charge is 0.484 e. The molecule has 0 radical (unpaired) electrons. The van der Waals surface area contributed by atoms with Crippen molar-refractivity contribution in [2.24, 2.45) is 0 Å². The van der Waals surface area contributed by atoms with Crippen LogP contribution < -0.4 is 10.1 Å². The van der Waals surface area contributed by atoms with E-state index in [0.717, 1.165) is 18.4 Å². The van der Waals surface area contributed by atoms with Crippen LogP contribution in [0.2, 0.25) is 0 Å². The molecule has 4 heteroatoms. The van der Waals surface area contributed by atoms with Crippen molar-refractivity contribution in [2.75, 3.05) is 13.2 Å². The maximum absolute atomic E-state index is 11.4. The van der Waals surface area contributed by atoms with Crippen molar-refractivity contribution in [1.82, 2.24) is 5.32 Å². The second kappa shape index (κ2) is 7.71. The number of carbonyl (C=O) groups excluding carboxylic acids is 1. The molecule has 100 valence electrons. The van der Waals surface area contributed by atoms with Crippen molar-refractivity contribution in [2.45, 2.75) is 32.8 Å². The fourth-order valence-corrected chi connectivity index (χ4v) is 1.45. The maximum atomic E-state index is 11.4. The average molecular weight is 251 g/mol. The molecule has 1 rings (SSSR count). The lowest BCUT2D eigenvalue weighted by Crippen LogP contribution is -2.29. The van der Waals surface area contributed by atoms with E-state index >= 15 is 0 Å². The fourth-order valence-electron chi connectivity index (χ4n) is 1.45. The molecule has 4 nitrogen and oxygen atoms in total. The lowest BCUT2D eigenvalue weighted by Gasteiger charge is -2.08. The number of ether oxygens (including phenoxy) is 1. The fraction of sp³-hybridized carbons (Fsp3) is 0.500. The highest BCUT2D eigenvalue weighted by atomic mass is 16.5. The Balaban J connectivity index is 2.32.